The first-order valence-corrected chi connectivity index (χ1v) is 14.1. The number of amides is 2. The SMILES string of the molecule is CCOc1ccc(-c2nn(-c3ccccc3)cc2/C=C2/C(=O)N(CCc3ccc(OC)cc3)C(=O)C(C#N)=C2C)cc1Cl. The Morgan fingerprint density at radius 2 is 1.77 bits per heavy atom. The number of rotatable bonds is 9. The summed E-state index contributed by atoms with van der Waals surface area (Å²) in [6.45, 7) is 4.09. The lowest BCUT2D eigenvalue weighted by molar-refractivity contribution is -0.140. The van der Waals surface area contributed by atoms with E-state index in [0.717, 1.165) is 16.2 Å². The van der Waals surface area contributed by atoms with Crippen LogP contribution in [0.5, 0.6) is 11.5 Å². The Balaban J connectivity index is 1.57. The second kappa shape index (κ2) is 12.8. The van der Waals surface area contributed by atoms with Crippen molar-refractivity contribution in [1.82, 2.24) is 14.7 Å². The molecule has 3 aromatic carbocycles. The summed E-state index contributed by atoms with van der Waals surface area (Å²) in [5.74, 6) is 0.193. The number of hydrogen-bond donors (Lipinski definition) is 0. The van der Waals surface area contributed by atoms with Crippen molar-refractivity contribution in [3.05, 3.63) is 112 Å². The minimum absolute atomic E-state index is 0.0679. The van der Waals surface area contributed by atoms with Crippen molar-refractivity contribution in [3.8, 4) is 34.5 Å². The van der Waals surface area contributed by atoms with Crippen LogP contribution in [-0.2, 0) is 16.0 Å². The van der Waals surface area contributed by atoms with E-state index in [0.29, 0.717) is 51.9 Å². The van der Waals surface area contributed by atoms with Crippen LogP contribution in [0.1, 0.15) is 25.0 Å². The van der Waals surface area contributed by atoms with Gasteiger partial charge in [0.15, 0.2) is 0 Å². The van der Waals surface area contributed by atoms with E-state index in [2.05, 4.69) is 0 Å². The van der Waals surface area contributed by atoms with Crippen molar-refractivity contribution in [2.24, 2.45) is 0 Å². The number of methoxy groups -OCH3 is 1. The average molecular weight is 593 g/mol. The van der Waals surface area contributed by atoms with Crippen LogP contribution in [0.25, 0.3) is 23.0 Å². The summed E-state index contributed by atoms with van der Waals surface area (Å²) in [7, 11) is 1.59. The third-order valence-corrected chi connectivity index (χ3v) is 7.47. The molecule has 8 nitrogen and oxygen atoms in total. The number of benzene rings is 3. The highest BCUT2D eigenvalue weighted by Crippen LogP contribution is 2.34. The van der Waals surface area contributed by atoms with Gasteiger partial charge in [-0.25, -0.2) is 4.68 Å². The maximum absolute atomic E-state index is 13.8. The van der Waals surface area contributed by atoms with E-state index >= 15 is 0 Å². The Morgan fingerprint density at radius 3 is 2.42 bits per heavy atom. The van der Waals surface area contributed by atoms with Gasteiger partial charge in [-0.1, -0.05) is 41.9 Å². The van der Waals surface area contributed by atoms with E-state index in [9.17, 15) is 14.9 Å². The smallest absolute Gasteiger partial charge is 0.271 e. The van der Waals surface area contributed by atoms with E-state index < -0.39 is 11.8 Å². The Kier molecular flexibility index (Phi) is 8.74. The maximum atomic E-state index is 13.8. The molecule has 2 amide bonds. The van der Waals surface area contributed by atoms with Gasteiger partial charge in [-0.3, -0.25) is 14.5 Å². The molecule has 9 heteroatoms. The van der Waals surface area contributed by atoms with Gasteiger partial charge < -0.3 is 9.47 Å². The molecule has 0 fully saturated rings. The van der Waals surface area contributed by atoms with Gasteiger partial charge in [0.05, 0.1) is 24.4 Å². The summed E-state index contributed by atoms with van der Waals surface area (Å²) in [4.78, 5) is 28.2. The highest BCUT2D eigenvalue weighted by molar-refractivity contribution is 6.32. The number of carbonyl (C=O) groups excluding carboxylic acids is 2. The molecule has 0 unspecified atom stereocenters. The standard InChI is InChI=1S/C34H29ClN4O4/c1-4-43-31-15-12-24(19-30(31)35)32-25(21-39(37-32)26-8-6-5-7-9-26)18-28-22(2)29(20-36)34(41)38(33(28)40)17-16-23-10-13-27(42-3)14-11-23/h5-15,18-19,21H,4,16-17H2,1-3H3/b28-18+. The summed E-state index contributed by atoms with van der Waals surface area (Å²) in [5.41, 5.74) is 4.15. The second-order valence-electron chi connectivity index (χ2n) is 9.82. The average Bonchev–Trinajstić information content (AvgIpc) is 3.45. The molecule has 0 saturated carbocycles. The summed E-state index contributed by atoms with van der Waals surface area (Å²) in [6, 6.07) is 24.4. The molecule has 5 rings (SSSR count). The van der Waals surface area contributed by atoms with Gasteiger partial charge in [0.1, 0.15) is 28.8 Å². The fraction of sp³-hybridized carbons (Fsp3) is 0.176. The Hall–Kier alpha value is -5.13. The minimum Gasteiger partial charge on any atom is -0.497 e. The zero-order chi connectivity index (χ0) is 30.5. The zero-order valence-corrected chi connectivity index (χ0v) is 24.8. The van der Waals surface area contributed by atoms with Crippen LogP contribution < -0.4 is 9.47 Å². The van der Waals surface area contributed by atoms with Crippen LogP contribution in [0.15, 0.2) is 95.7 Å². The summed E-state index contributed by atoms with van der Waals surface area (Å²) in [6.07, 6.45) is 3.93. The first-order chi connectivity index (χ1) is 20.8. The van der Waals surface area contributed by atoms with E-state index in [1.165, 1.54) is 0 Å². The first kappa shape index (κ1) is 29.4. The number of nitrogens with zero attached hydrogens (tertiary/aromatic N) is 4. The molecule has 0 N–H and O–H groups in total. The van der Waals surface area contributed by atoms with E-state index in [1.54, 1.807) is 36.9 Å². The highest BCUT2D eigenvalue weighted by atomic mass is 35.5. The van der Waals surface area contributed by atoms with Crippen LogP contribution in [0.2, 0.25) is 5.02 Å². The van der Waals surface area contributed by atoms with Gasteiger partial charge in [-0.15, -0.1) is 0 Å². The van der Waals surface area contributed by atoms with Gasteiger partial charge >= 0.3 is 0 Å². The normalized spacial score (nSPS) is 14.3. The van der Waals surface area contributed by atoms with Crippen LogP contribution in [0.4, 0.5) is 0 Å². The topological polar surface area (TPSA) is 97.4 Å². The molecule has 216 valence electrons. The van der Waals surface area contributed by atoms with Gasteiger partial charge in [-0.05, 0) is 79.9 Å². The Bertz CT molecular complexity index is 1780. The van der Waals surface area contributed by atoms with E-state index in [4.69, 9.17) is 26.2 Å². The van der Waals surface area contributed by atoms with Crippen LogP contribution in [0.3, 0.4) is 0 Å². The monoisotopic (exact) mass is 592 g/mol. The maximum Gasteiger partial charge on any atom is 0.271 e. The number of para-hydroxylation sites is 1. The molecular formula is C34H29ClN4O4. The van der Waals surface area contributed by atoms with Crippen LogP contribution >= 0.6 is 11.6 Å². The number of hydrogen-bond acceptors (Lipinski definition) is 6. The molecule has 2 heterocycles. The fourth-order valence-corrected chi connectivity index (χ4v) is 5.11. The van der Waals surface area contributed by atoms with Crippen molar-refractivity contribution in [2.75, 3.05) is 20.3 Å². The Labute approximate surface area is 255 Å². The lowest BCUT2D eigenvalue weighted by Gasteiger charge is -2.27. The van der Waals surface area contributed by atoms with Crippen molar-refractivity contribution >= 4 is 29.5 Å². The predicted octanol–water partition coefficient (Wildman–Crippen LogP) is 6.43. The van der Waals surface area contributed by atoms with Gasteiger partial charge in [0, 0.05) is 29.4 Å². The minimum atomic E-state index is -0.603. The number of carbonyl (C=O) groups is 2. The quantitative estimate of drug-likeness (QED) is 0.164. The van der Waals surface area contributed by atoms with Crippen molar-refractivity contribution < 1.29 is 19.1 Å². The third-order valence-electron chi connectivity index (χ3n) is 7.18. The molecule has 0 saturated heterocycles. The summed E-state index contributed by atoms with van der Waals surface area (Å²) >= 11 is 6.52. The van der Waals surface area contributed by atoms with E-state index in [-0.39, 0.29) is 17.7 Å². The van der Waals surface area contributed by atoms with Crippen LogP contribution in [0, 0.1) is 11.3 Å². The molecule has 0 bridgehead atoms. The molecule has 0 aliphatic carbocycles. The number of nitriles is 1. The molecule has 1 aromatic heterocycles. The van der Waals surface area contributed by atoms with Crippen LogP contribution in [-0.4, -0.2) is 46.8 Å². The number of ether oxygens (including phenoxy) is 2. The predicted molar refractivity (Wildman–Crippen MR) is 165 cm³/mol. The highest BCUT2D eigenvalue weighted by Gasteiger charge is 2.35. The van der Waals surface area contributed by atoms with Crippen molar-refractivity contribution in [1.29, 1.82) is 5.26 Å². The summed E-state index contributed by atoms with van der Waals surface area (Å²) in [5, 5.41) is 15.2. The van der Waals surface area contributed by atoms with Gasteiger partial charge in [-0.2, -0.15) is 10.4 Å². The molecule has 4 aromatic rings. The lowest BCUT2D eigenvalue weighted by atomic mass is 9.93. The molecule has 0 atom stereocenters. The molecule has 1 aliphatic heterocycles. The van der Waals surface area contributed by atoms with E-state index in [1.807, 2.05) is 79.9 Å². The molecule has 1 aliphatic rings. The van der Waals surface area contributed by atoms with Gasteiger partial charge in [0.25, 0.3) is 11.8 Å². The molecule has 0 spiro atoms. The molecular weight excluding hydrogens is 564 g/mol. The number of aromatic nitrogens is 2. The second-order valence-corrected chi connectivity index (χ2v) is 10.2. The first-order valence-electron chi connectivity index (χ1n) is 13.7. The third kappa shape index (κ3) is 6.08. The zero-order valence-electron chi connectivity index (χ0n) is 24.0. The summed E-state index contributed by atoms with van der Waals surface area (Å²) < 4.78 is 12.5. The number of halogens is 1. The fourth-order valence-electron chi connectivity index (χ4n) is 4.87. The number of imide groups is 1. The Morgan fingerprint density at radius 1 is 1.02 bits per heavy atom. The largest absolute Gasteiger partial charge is 0.497 e. The molecule has 0 radical (unpaired) electrons. The lowest BCUT2D eigenvalue weighted by Crippen LogP contribution is -2.43. The molecule has 43 heavy (non-hydrogen) atoms. The van der Waals surface area contributed by atoms with Crippen molar-refractivity contribution in [2.45, 2.75) is 20.3 Å². The van der Waals surface area contributed by atoms with Crippen molar-refractivity contribution in [3.63, 3.8) is 0 Å². The van der Waals surface area contributed by atoms with Gasteiger partial charge in [0.2, 0.25) is 0 Å².